The fourth-order valence-corrected chi connectivity index (χ4v) is 3.50. The van der Waals surface area contributed by atoms with Crippen LogP contribution in [0.3, 0.4) is 0 Å². The predicted octanol–water partition coefficient (Wildman–Crippen LogP) is 4.39. The molecule has 1 saturated heterocycles. The number of piperidine rings is 1. The van der Waals surface area contributed by atoms with Gasteiger partial charge in [0.25, 0.3) is 0 Å². The van der Waals surface area contributed by atoms with Gasteiger partial charge < -0.3 is 15.0 Å². The summed E-state index contributed by atoms with van der Waals surface area (Å²) in [5, 5.41) is 2.96. The van der Waals surface area contributed by atoms with Crippen LogP contribution in [-0.4, -0.2) is 40.6 Å². The summed E-state index contributed by atoms with van der Waals surface area (Å²) in [4.78, 5) is 30.6. The van der Waals surface area contributed by atoms with Crippen LogP contribution in [0.2, 0.25) is 0 Å². The lowest BCUT2D eigenvalue weighted by molar-refractivity contribution is -0.118. The summed E-state index contributed by atoms with van der Waals surface area (Å²) in [7, 11) is 0. The minimum atomic E-state index is -0.476. The summed E-state index contributed by atoms with van der Waals surface area (Å²) in [6.07, 6.45) is 4.05. The highest BCUT2D eigenvalue weighted by molar-refractivity contribution is 5.95. The van der Waals surface area contributed by atoms with Gasteiger partial charge in [-0.2, -0.15) is 0 Å². The van der Waals surface area contributed by atoms with Gasteiger partial charge >= 0.3 is 6.09 Å². The fourth-order valence-electron chi connectivity index (χ4n) is 3.50. The molecule has 2 aliphatic rings. The molecule has 150 valence electrons. The fraction of sp³-hybridized carbons (Fsp3) is 0.667. The minimum Gasteiger partial charge on any atom is -0.444 e. The molecule has 3 rings (SSSR count). The lowest BCUT2D eigenvalue weighted by Crippen LogP contribution is -2.42. The number of carbonyl (C=O) groups is 2. The Morgan fingerprint density at radius 2 is 1.85 bits per heavy atom. The van der Waals surface area contributed by atoms with E-state index in [0.717, 1.165) is 30.6 Å². The third-order valence-electron chi connectivity index (χ3n) is 5.10. The lowest BCUT2D eigenvalue weighted by atomic mass is 9.91. The molecule has 0 aromatic carbocycles. The molecule has 1 saturated carbocycles. The Morgan fingerprint density at radius 3 is 2.37 bits per heavy atom. The maximum Gasteiger partial charge on any atom is 0.410 e. The Hall–Kier alpha value is -2.11. The van der Waals surface area contributed by atoms with Crippen molar-refractivity contribution in [3.63, 3.8) is 0 Å². The molecule has 1 aromatic rings. The first kappa shape index (κ1) is 21.2. The van der Waals surface area contributed by atoms with E-state index >= 15 is 0 Å². The van der Waals surface area contributed by atoms with E-state index in [4.69, 9.17) is 4.74 Å². The average Bonchev–Trinajstić information content (AvgIpc) is 3.31. The van der Waals surface area contributed by atoms with E-state index in [0.29, 0.717) is 13.1 Å². The SMILES string of the molecule is CC.Cc1ccc(NC(=O)C2CC23CCN(C(=O)OC(C)(C)C)CC3)cn1. The van der Waals surface area contributed by atoms with Gasteiger partial charge in [0, 0.05) is 24.7 Å². The molecule has 1 atom stereocenters. The topological polar surface area (TPSA) is 71.5 Å². The molecule has 0 bridgehead atoms. The Kier molecular flexibility index (Phi) is 6.50. The first-order chi connectivity index (χ1) is 12.7. The standard InChI is InChI=1S/C19H27N3O3.C2H6/c1-13-5-6-14(12-20-13)21-16(23)15-11-19(15)7-9-22(10-8-19)17(24)25-18(2,3)4;1-2/h5-6,12,15H,7-11H2,1-4H3,(H,21,23);1-2H3. The highest BCUT2D eigenvalue weighted by Crippen LogP contribution is 2.59. The van der Waals surface area contributed by atoms with Crippen molar-refractivity contribution >= 4 is 17.7 Å². The zero-order valence-electron chi connectivity index (χ0n) is 17.5. The van der Waals surface area contributed by atoms with Crippen molar-refractivity contribution in [3.05, 3.63) is 24.0 Å². The molecule has 0 radical (unpaired) electrons. The van der Waals surface area contributed by atoms with Gasteiger partial charge in [-0.25, -0.2) is 4.79 Å². The van der Waals surface area contributed by atoms with E-state index in [1.54, 1.807) is 11.1 Å². The third-order valence-corrected chi connectivity index (χ3v) is 5.10. The number of likely N-dealkylation sites (tertiary alicyclic amines) is 1. The summed E-state index contributed by atoms with van der Waals surface area (Å²) < 4.78 is 5.43. The lowest BCUT2D eigenvalue weighted by Gasteiger charge is -2.34. The van der Waals surface area contributed by atoms with Crippen LogP contribution in [0.15, 0.2) is 18.3 Å². The van der Waals surface area contributed by atoms with Crippen LogP contribution in [0.5, 0.6) is 0 Å². The number of pyridine rings is 1. The number of carbonyl (C=O) groups excluding carboxylic acids is 2. The van der Waals surface area contributed by atoms with E-state index in [9.17, 15) is 9.59 Å². The van der Waals surface area contributed by atoms with Crippen LogP contribution >= 0.6 is 0 Å². The second kappa shape index (κ2) is 8.28. The van der Waals surface area contributed by atoms with E-state index in [1.807, 2.05) is 53.7 Å². The molecule has 1 aliphatic heterocycles. The number of anilines is 1. The number of aromatic nitrogens is 1. The predicted molar refractivity (Wildman–Crippen MR) is 107 cm³/mol. The number of nitrogens with one attached hydrogen (secondary N) is 1. The number of amides is 2. The van der Waals surface area contributed by atoms with Gasteiger partial charge in [0.05, 0.1) is 11.9 Å². The number of hydrogen-bond donors (Lipinski definition) is 1. The first-order valence-corrected chi connectivity index (χ1v) is 9.90. The van der Waals surface area contributed by atoms with Gasteiger partial charge in [-0.15, -0.1) is 0 Å². The quantitative estimate of drug-likeness (QED) is 0.832. The Labute approximate surface area is 162 Å². The maximum absolute atomic E-state index is 12.5. The third kappa shape index (κ3) is 5.44. The zero-order valence-corrected chi connectivity index (χ0v) is 17.5. The summed E-state index contributed by atoms with van der Waals surface area (Å²) in [6, 6.07) is 3.76. The molecule has 6 nitrogen and oxygen atoms in total. The molecule has 2 fully saturated rings. The second-order valence-corrected chi connectivity index (χ2v) is 8.26. The molecule has 6 heteroatoms. The normalized spacial score (nSPS) is 20.4. The van der Waals surface area contributed by atoms with Crippen LogP contribution in [0.1, 0.15) is 59.6 Å². The Bertz CT molecular complexity index is 656. The number of ether oxygens (including phenoxy) is 1. The molecule has 2 heterocycles. The summed E-state index contributed by atoms with van der Waals surface area (Å²) >= 11 is 0. The molecule has 1 unspecified atom stereocenters. The number of hydrogen-bond acceptors (Lipinski definition) is 4. The Balaban J connectivity index is 0.00000126. The molecular weight excluding hydrogens is 342 g/mol. The smallest absolute Gasteiger partial charge is 0.410 e. The van der Waals surface area contributed by atoms with Gasteiger partial charge in [-0.3, -0.25) is 9.78 Å². The van der Waals surface area contributed by atoms with Crippen molar-refractivity contribution in [2.75, 3.05) is 18.4 Å². The second-order valence-electron chi connectivity index (χ2n) is 8.26. The van der Waals surface area contributed by atoms with Crippen molar-refractivity contribution in [3.8, 4) is 0 Å². The van der Waals surface area contributed by atoms with E-state index in [-0.39, 0.29) is 23.3 Å². The first-order valence-electron chi connectivity index (χ1n) is 9.90. The number of nitrogens with zero attached hydrogens (tertiary/aromatic N) is 2. The van der Waals surface area contributed by atoms with Gasteiger partial charge in [-0.1, -0.05) is 13.8 Å². The highest BCUT2D eigenvalue weighted by atomic mass is 16.6. The molecule has 27 heavy (non-hydrogen) atoms. The van der Waals surface area contributed by atoms with Gasteiger partial charge in [0.1, 0.15) is 5.60 Å². The summed E-state index contributed by atoms with van der Waals surface area (Å²) in [6.45, 7) is 12.8. The molecular formula is C21H33N3O3. The van der Waals surface area contributed by atoms with Gasteiger partial charge in [0.2, 0.25) is 5.91 Å². The average molecular weight is 376 g/mol. The molecule has 2 amide bonds. The highest BCUT2D eigenvalue weighted by Gasteiger charge is 2.58. The van der Waals surface area contributed by atoms with E-state index in [2.05, 4.69) is 10.3 Å². The van der Waals surface area contributed by atoms with E-state index in [1.165, 1.54) is 0 Å². The Morgan fingerprint density at radius 1 is 1.22 bits per heavy atom. The van der Waals surface area contributed by atoms with Crippen molar-refractivity contribution in [1.82, 2.24) is 9.88 Å². The van der Waals surface area contributed by atoms with Crippen LogP contribution in [0.25, 0.3) is 0 Å². The zero-order chi connectivity index (χ0) is 20.2. The van der Waals surface area contributed by atoms with Crippen LogP contribution in [0.4, 0.5) is 10.5 Å². The van der Waals surface area contributed by atoms with Crippen molar-refractivity contribution in [2.24, 2.45) is 11.3 Å². The monoisotopic (exact) mass is 375 g/mol. The van der Waals surface area contributed by atoms with Crippen molar-refractivity contribution < 1.29 is 14.3 Å². The molecule has 1 N–H and O–H groups in total. The minimum absolute atomic E-state index is 0.0367. The van der Waals surface area contributed by atoms with Crippen molar-refractivity contribution in [2.45, 2.75) is 66.4 Å². The number of rotatable bonds is 2. The largest absolute Gasteiger partial charge is 0.444 e. The van der Waals surface area contributed by atoms with Crippen molar-refractivity contribution in [1.29, 1.82) is 0 Å². The summed E-state index contributed by atoms with van der Waals surface area (Å²) in [5.74, 6) is 0.103. The molecule has 1 spiro atoms. The number of aryl methyl sites for hydroxylation is 1. The maximum atomic E-state index is 12.5. The summed E-state index contributed by atoms with van der Waals surface area (Å²) in [5.41, 5.74) is 1.25. The molecule has 1 aromatic heterocycles. The van der Waals surface area contributed by atoms with Gasteiger partial charge in [0.15, 0.2) is 0 Å². The van der Waals surface area contributed by atoms with Crippen LogP contribution < -0.4 is 5.32 Å². The van der Waals surface area contributed by atoms with Gasteiger partial charge in [-0.05, 0) is 64.5 Å². The molecule has 1 aliphatic carbocycles. The van der Waals surface area contributed by atoms with E-state index < -0.39 is 5.60 Å². The van der Waals surface area contributed by atoms with Crippen LogP contribution in [0, 0.1) is 18.3 Å². The van der Waals surface area contributed by atoms with Crippen LogP contribution in [-0.2, 0) is 9.53 Å².